The zero-order chi connectivity index (χ0) is 15.5. The summed E-state index contributed by atoms with van der Waals surface area (Å²) in [5.74, 6) is 1.42. The van der Waals surface area contributed by atoms with Gasteiger partial charge in [0, 0.05) is 11.6 Å². The number of para-hydroxylation sites is 1. The second-order valence-corrected chi connectivity index (χ2v) is 5.33. The first-order chi connectivity index (χ1) is 11.4. The van der Waals surface area contributed by atoms with Gasteiger partial charge in [-0.15, -0.1) is 0 Å². The van der Waals surface area contributed by atoms with Crippen LogP contribution in [0, 0.1) is 0 Å². The highest BCUT2D eigenvalue weighted by Crippen LogP contribution is 2.31. The van der Waals surface area contributed by atoms with Crippen LogP contribution < -0.4 is 4.74 Å². The monoisotopic (exact) mass is 297 g/mol. The molecule has 1 heterocycles. The normalized spacial score (nSPS) is 10.6. The van der Waals surface area contributed by atoms with Crippen LogP contribution in [-0.2, 0) is 0 Å². The predicted octanol–water partition coefficient (Wildman–Crippen LogP) is 5.69. The predicted molar refractivity (Wildman–Crippen MR) is 93.7 cm³/mol. The molecule has 4 aromatic rings. The smallest absolute Gasteiger partial charge is 0.227 e. The second-order valence-electron chi connectivity index (χ2n) is 5.33. The molecule has 0 spiro atoms. The summed E-state index contributed by atoms with van der Waals surface area (Å²) in [5.41, 5.74) is 2.34. The Bertz CT molecular complexity index is 933. The number of aromatic nitrogens is 1. The van der Waals surface area contributed by atoms with Gasteiger partial charge < -0.3 is 4.74 Å². The molecule has 0 N–H and O–H groups in total. The lowest BCUT2D eigenvalue weighted by molar-refractivity contribution is 0.469. The highest BCUT2D eigenvalue weighted by Gasteiger charge is 2.07. The van der Waals surface area contributed by atoms with Gasteiger partial charge in [0.15, 0.2) is 0 Å². The quantitative estimate of drug-likeness (QED) is 0.484. The summed E-state index contributed by atoms with van der Waals surface area (Å²) in [6.07, 6.45) is 1.78. The Morgan fingerprint density at radius 1 is 0.652 bits per heavy atom. The molecule has 0 fully saturated rings. The van der Waals surface area contributed by atoms with Crippen molar-refractivity contribution in [2.75, 3.05) is 0 Å². The van der Waals surface area contributed by atoms with E-state index in [9.17, 15) is 0 Å². The molecular formula is C21H15NO. The van der Waals surface area contributed by atoms with Crippen molar-refractivity contribution < 1.29 is 4.74 Å². The molecule has 23 heavy (non-hydrogen) atoms. The maximum Gasteiger partial charge on any atom is 0.227 e. The molecule has 0 atom stereocenters. The molecule has 0 radical (unpaired) electrons. The Balaban J connectivity index is 1.82. The van der Waals surface area contributed by atoms with E-state index in [0.717, 1.165) is 22.1 Å². The summed E-state index contributed by atoms with van der Waals surface area (Å²) < 4.78 is 5.97. The molecule has 0 saturated carbocycles. The lowest BCUT2D eigenvalue weighted by atomic mass is 10.0. The van der Waals surface area contributed by atoms with E-state index in [2.05, 4.69) is 35.3 Å². The first kappa shape index (κ1) is 13.5. The Hall–Kier alpha value is -3.13. The van der Waals surface area contributed by atoms with Crippen LogP contribution in [0.3, 0.4) is 0 Å². The zero-order valence-corrected chi connectivity index (χ0v) is 12.5. The van der Waals surface area contributed by atoms with Gasteiger partial charge in [0.25, 0.3) is 0 Å². The number of fused-ring (bicyclic) bond motifs is 1. The molecule has 0 aliphatic heterocycles. The number of pyridine rings is 1. The van der Waals surface area contributed by atoms with E-state index in [1.807, 2.05) is 54.6 Å². The van der Waals surface area contributed by atoms with Crippen molar-refractivity contribution in [3.8, 4) is 22.8 Å². The van der Waals surface area contributed by atoms with E-state index in [0.29, 0.717) is 5.88 Å². The molecule has 0 aliphatic rings. The Morgan fingerprint density at radius 3 is 2.17 bits per heavy atom. The van der Waals surface area contributed by atoms with Crippen LogP contribution >= 0.6 is 0 Å². The SMILES string of the molecule is c1ccc(Oc2nccc3ccc(-c4ccccc4)cc23)cc1. The van der Waals surface area contributed by atoms with E-state index >= 15 is 0 Å². The molecule has 0 aliphatic carbocycles. The van der Waals surface area contributed by atoms with Gasteiger partial charge in [0.2, 0.25) is 5.88 Å². The molecular weight excluding hydrogens is 282 g/mol. The van der Waals surface area contributed by atoms with Gasteiger partial charge in [-0.3, -0.25) is 0 Å². The van der Waals surface area contributed by atoms with Crippen LogP contribution in [0.15, 0.2) is 91.1 Å². The van der Waals surface area contributed by atoms with Crippen LogP contribution in [0.5, 0.6) is 11.6 Å². The second kappa shape index (κ2) is 5.93. The van der Waals surface area contributed by atoms with Crippen molar-refractivity contribution in [1.29, 1.82) is 0 Å². The molecule has 0 bridgehead atoms. The van der Waals surface area contributed by atoms with Crippen LogP contribution in [0.2, 0.25) is 0 Å². The van der Waals surface area contributed by atoms with Gasteiger partial charge in [0.05, 0.1) is 0 Å². The third kappa shape index (κ3) is 2.79. The van der Waals surface area contributed by atoms with Crippen molar-refractivity contribution in [3.05, 3.63) is 91.1 Å². The minimum atomic E-state index is 0.631. The van der Waals surface area contributed by atoms with Crippen molar-refractivity contribution in [2.45, 2.75) is 0 Å². The maximum absolute atomic E-state index is 5.97. The lowest BCUT2D eigenvalue weighted by Crippen LogP contribution is -1.89. The van der Waals surface area contributed by atoms with Crippen molar-refractivity contribution in [2.24, 2.45) is 0 Å². The van der Waals surface area contributed by atoms with Crippen LogP contribution in [0.25, 0.3) is 21.9 Å². The number of ether oxygens (including phenoxy) is 1. The Kier molecular flexibility index (Phi) is 3.49. The van der Waals surface area contributed by atoms with Gasteiger partial charge >= 0.3 is 0 Å². The minimum Gasteiger partial charge on any atom is -0.438 e. The van der Waals surface area contributed by atoms with E-state index < -0.39 is 0 Å². The molecule has 2 heteroatoms. The molecule has 0 unspecified atom stereocenters. The Labute approximate surface area is 135 Å². The number of hydrogen-bond acceptors (Lipinski definition) is 2. The van der Waals surface area contributed by atoms with Crippen molar-refractivity contribution in [1.82, 2.24) is 4.98 Å². The largest absolute Gasteiger partial charge is 0.438 e. The number of rotatable bonds is 3. The van der Waals surface area contributed by atoms with Crippen LogP contribution in [0.4, 0.5) is 0 Å². The molecule has 0 amide bonds. The summed E-state index contributed by atoms with van der Waals surface area (Å²) in [6, 6.07) is 28.4. The topological polar surface area (TPSA) is 22.1 Å². The highest BCUT2D eigenvalue weighted by atomic mass is 16.5. The third-order valence-corrected chi connectivity index (χ3v) is 3.79. The van der Waals surface area contributed by atoms with Gasteiger partial charge in [-0.2, -0.15) is 0 Å². The minimum absolute atomic E-state index is 0.631. The fourth-order valence-electron chi connectivity index (χ4n) is 2.63. The summed E-state index contributed by atoms with van der Waals surface area (Å²) in [4.78, 5) is 4.41. The molecule has 2 nitrogen and oxygen atoms in total. The van der Waals surface area contributed by atoms with Crippen molar-refractivity contribution >= 4 is 10.8 Å². The highest BCUT2D eigenvalue weighted by molar-refractivity contribution is 5.91. The molecule has 3 aromatic carbocycles. The fourth-order valence-corrected chi connectivity index (χ4v) is 2.63. The standard InChI is InChI=1S/C21H15NO/c1-3-7-16(8-4-1)18-12-11-17-13-14-22-21(20(17)15-18)23-19-9-5-2-6-10-19/h1-15H. The molecule has 0 saturated heterocycles. The molecule has 1 aromatic heterocycles. The zero-order valence-electron chi connectivity index (χ0n) is 12.5. The van der Waals surface area contributed by atoms with Gasteiger partial charge in [-0.05, 0) is 40.8 Å². The first-order valence-corrected chi connectivity index (χ1v) is 7.57. The average Bonchev–Trinajstić information content (AvgIpc) is 2.63. The van der Waals surface area contributed by atoms with Gasteiger partial charge in [-0.1, -0.05) is 60.7 Å². The summed E-state index contributed by atoms with van der Waals surface area (Å²) in [5, 5.41) is 2.13. The van der Waals surface area contributed by atoms with E-state index in [1.165, 1.54) is 5.56 Å². The number of benzene rings is 3. The van der Waals surface area contributed by atoms with E-state index in [4.69, 9.17) is 4.74 Å². The van der Waals surface area contributed by atoms with Gasteiger partial charge in [-0.25, -0.2) is 4.98 Å². The number of nitrogens with zero attached hydrogens (tertiary/aromatic N) is 1. The number of hydrogen-bond donors (Lipinski definition) is 0. The summed E-state index contributed by atoms with van der Waals surface area (Å²) in [7, 11) is 0. The average molecular weight is 297 g/mol. The van der Waals surface area contributed by atoms with Crippen LogP contribution in [0.1, 0.15) is 0 Å². The van der Waals surface area contributed by atoms with E-state index in [-0.39, 0.29) is 0 Å². The van der Waals surface area contributed by atoms with E-state index in [1.54, 1.807) is 6.20 Å². The Morgan fingerprint density at radius 2 is 1.39 bits per heavy atom. The van der Waals surface area contributed by atoms with Crippen LogP contribution in [-0.4, -0.2) is 4.98 Å². The fraction of sp³-hybridized carbons (Fsp3) is 0. The van der Waals surface area contributed by atoms with Crippen molar-refractivity contribution in [3.63, 3.8) is 0 Å². The van der Waals surface area contributed by atoms with Gasteiger partial charge in [0.1, 0.15) is 5.75 Å². The summed E-state index contributed by atoms with van der Waals surface area (Å²) in [6.45, 7) is 0. The summed E-state index contributed by atoms with van der Waals surface area (Å²) >= 11 is 0. The third-order valence-electron chi connectivity index (χ3n) is 3.79. The maximum atomic E-state index is 5.97. The lowest BCUT2D eigenvalue weighted by Gasteiger charge is -2.09. The molecule has 4 rings (SSSR count). The first-order valence-electron chi connectivity index (χ1n) is 7.57. The molecule has 110 valence electrons.